The van der Waals surface area contributed by atoms with E-state index in [4.69, 9.17) is 5.73 Å². The van der Waals surface area contributed by atoms with Crippen molar-refractivity contribution >= 4 is 33.2 Å². The van der Waals surface area contributed by atoms with Crippen molar-refractivity contribution in [2.24, 2.45) is 11.7 Å². The number of amides is 1. The van der Waals surface area contributed by atoms with Crippen LogP contribution in [0.1, 0.15) is 29.4 Å². The predicted molar refractivity (Wildman–Crippen MR) is 74.3 cm³/mol. The quantitative estimate of drug-likeness (QED) is 0.911. The van der Waals surface area contributed by atoms with Crippen LogP contribution in [-0.4, -0.2) is 29.9 Å². The van der Waals surface area contributed by atoms with E-state index in [0.29, 0.717) is 12.5 Å². The van der Waals surface area contributed by atoms with Gasteiger partial charge in [-0.2, -0.15) is 0 Å². The Morgan fingerprint density at radius 2 is 2.47 bits per heavy atom. The molecule has 3 nitrogen and oxygen atoms in total. The molecule has 1 aromatic rings. The Morgan fingerprint density at radius 3 is 3.06 bits per heavy atom. The van der Waals surface area contributed by atoms with Crippen molar-refractivity contribution in [3.8, 4) is 0 Å². The molecule has 0 spiro atoms. The SMILES string of the molecule is C[C@H]1CCCN(C(=O)c2sccc2Br)[C@@H]1CN. The molecule has 0 aromatic carbocycles. The number of nitrogens with zero attached hydrogens (tertiary/aromatic N) is 1. The molecule has 0 bridgehead atoms. The van der Waals surface area contributed by atoms with Gasteiger partial charge in [0.15, 0.2) is 0 Å². The summed E-state index contributed by atoms with van der Waals surface area (Å²) in [6, 6.07) is 2.10. The van der Waals surface area contributed by atoms with E-state index in [1.54, 1.807) is 0 Å². The minimum atomic E-state index is 0.119. The molecule has 2 atom stereocenters. The Kier molecular flexibility index (Phi) is 4.22. The maximum Gasteiger partial charge on any atom is 0.265 e. The third-order valence-electron chi connectivity index (χ3n) is 3.43. The normalized spacial score (nSPS) is 25.0. The number of nitrogens with two attached hydrogens (primary N) is 1. The molecule has 0 radical (unpaired) electrons. The average molecular weight is 317 g/mol. The summed E-state index contributed by atoms with van der Waals surface area (Å²) in [5.41, 5.74) is 5.81. The van der Waals surface area contributed by atoms with Crippen molar-refractivity contribution in [1.82, 2.24) is 4.90 Å². The van der Waals surface area contributed by atoms with Gasteiger partial charge in [-0.25, -0.2) is 0 Å². The molecule has 17 heavy (non-hydrogen) atoms. The fourth-order valence-corrected chi connectivity index (χ4v) is 3.93. The third kappa shape index (κ3) is 2.56. The summed E-state index contributed by atoms with van der Waals surface area (Å²) in [7, 11) is 0. The fraction of sp³-hybridized carbons (Fsp3) is 0.583. The first-order valence-electron chi connectivity index (χ1n) is 5.89. The van der Waals surface area contributed by atoms with E-state index >= 15 is 0 Å². The van der Waals surface area contributed by atoms with Crippen molar-refractivity contribution < 1.29 is 4.79 Å². The van der Waals surface area contributed by atoms with Crippen LogP contribution in [0.15, 0.2) is 15.9 Å². The van der Waals surface area contributed by atoms with Gasteiger partial charge < -0.3 is 10.6 Å². The third-order valence-corrected chi connectivity index (χ3v) is 5.26. The zero-order valence-corrected chi connectivity index (χ0v) is 12.3. The van der Waals surface area contributed by atoms with Crippen LogP contribution in [-0.2, 0) is 0 Å². The fourth-order valence-electron chi connectivity index (χ4n) is 2.44. The number of rotatable bonds is 2. The minimum Gasteiger partial charge on any atom is -0.333 e. The van der Waals surface area contributed by atoms with Crippen LogP contribution in [0, 0.1) is 5.92 Å². The number of hydrogen-bond donors (Lipinski definition) is 1. The molecule has 0 aliphatic carbocycles. The second-order valence-electron chi connectivity index (χ2n) is 4.52. The number of likely N-dealkylation sites (tertiary alicyclic amines) is 1. The Bertz CT molecular complexity index is 407. The highest BCUT2D eigenvalue weighted by molar-refractivity contribution is 9.10. The van der Waals surface area contributed by atoms with E-state index in [-0.39, 0.29) is 11.9 Å². The van der Waals surface area contributed by atoms with Crippen LogP contribution < -0.4 is 5.73 Å². The Morgan fingerprint density at radius 1 is 1.71 bits per heavy atom. The van der Waals surface area contributed by atoms with Crippen molar-refractivity contribution in [3.63, 3.8) is 0 Å². The summed E-state index contributed by atoms with van der Waals surface area (Å²) < 4.78 is 0.890. The lowest BCUT2D eigenvalue weighted by molar-refractivity contribution is 0.0536. The van der Waals surface area contributed by atoms with Gasteiger partial charge in [-0.1, -0.05) is 6.92 Å². The zero-order valence-electron chi connectivity index (χ0n) is 9.86. The standard InChI is InChI=1S/C12H17BrN2OS/c1-8-3-2-5-15(10(8)7-14)12(16)11-9(13)4-6-17-11/h4,6,8,10H,2-3,5,7,14H2,1H3/t8-,10+/m0/s1. The minimum absolute atomic E-state index is 0.119. The van der Waals surface area contributed by atoms with Gasteiger partial charge in [-0.05, 0) is 46.1 Å². The van der Waals surface area contributed by atoms with E-state index in [1.165, 1.54) is 11.3 Å². The number of hydrogen-bond acceptors (Lipinski definition) is 3. The highest BCUT2D eigenvalue weighted by atomic mass is 79.9. The number of carbonyl (C=O) groups excluding carboxylic acids is 1. The lowest BCUT2D eigenvalue weighted by Gasteiger charge is -2.39. The van der Waals surface area contributed by atoms with Gasteiger partial charge in [0.2, 0.25) is 0 Å². The van der Waals surface area contributed by atoms with Crippen LogP contribution in [0.3, 0.4) is 0 Å². The molecule has 1 saturated heterocycles. The van der Waals surface area contributed by atoms with E-state index in [9.17, 15) is 4.79 Å². The van der Waals surface area contributed by atoms with Crippen molar-refractivity contribution in [1.29, 1.82) is 0 Å². The molecular formula is C12H17BrN2OS. The van der Waals surface area contributed by atoms with Gasteiger partial charge in [0.05, 0.1) is 0 Å². The van der Waals surface area contributed by atoms with Gasteiger partial charge >= 0.3 is 0 Å². The molecule has 1 aromatic heterocycles. The average Bonchev–Trinajstić information content (AvgIpc) is 2.74. The molecule has 0 unspecified atom stereocenters. The Hall–Kier alpha value is -0.390. The van der Waals surface area contributed by atoms with E-state index in [1.807, 2.05) is 16.3 Å². The monoisotopic (exact) mass is 316 g/mol. The molecular weight excluding hydrogens is 300 g/mol. The zero-order chi connectivity index (χ0) is 12.4. The summed E-state index contributed by atoms with van der Waals surface area (Å²) >= 11 is 4.91. The maximum absolute atomic E-state index is 12.4. The second-order valence-corrected chi connectivity index (χ2v) is 6.29. The molecule has 1 fully saturated rings. The van der Waals surface area contributed by atoms with Gasteiger partial charge in [-0.15, -0.1) is 11.3 Å². The molecule has 2 heterocycles. The van der Waals surface area contributed by atoms with Crippen molar-refractivity contribution in [2.75, 3.05) is 13.1 Å². The molecule has 1 aliphatic rings. The van der Waals surface area contributed by atoms with Crippen LogP contribution in [0.5, 0.6) is 0 Å². The first kappa shape index (κ1) is 13.1. The molecule has 5 heteroatoms. The molecule has 94 valence electrons. The summed E-state index contributed by atoms with van der Waals surface area (Å²) in [4.78, 5) is 15.2. The molecule has 1 amide bonds. The number of thiophene rings is 1. The van der Waals surface area contributed by atoms with E-state index < -0.39 is 0 Å². The highest BCUT2D eigenvalue weighted by Crippen LogP contribution is 2.29. The lowest BCUT2D eigenvalue weighted by Crippen LogP contribution is -2.51. The molecule has 1 aliphatic heterocycles. The van der Waals surface area contributed by atoms with Crippen molar-refractivity contribution in [2.45, 2.75) is 25.8 Å². The smallest absolute Gasteiger partial charge is 0.265 e. The van der Waals surface area contributed by atoms with Gasteiger partial charge in [0, 0.05) is 23.6 Å². The number of piperidine rings is 1. The summed E-state index contributed by atoms with van der Waals surface area (Å²) in [6.45, 7) is 3.56. The van der Waals surface area contributed by atoms with Gasteiger partial charge in [0.25, 0.3) is 5.91 Å². The molecule has 0 saturated carbocycles. The number of halogens is 1. The summed E-state index contributed by atoms with van der Waals surface area (Å²) in [5, 5.41) is 1.93. The number of carbonyl (C=O) groups is 1. The topological polar surface area (TPSA) is 46.3 Å². The van der Waals surface area contributed by atoms with Gasteiger partial charge in [-0.3, -0.25) is 4.79 Å². The maximum atomic E-state index is 12.4. The van der Waals surface area contributed by atoms with E-state index in [2.05, 4.69) is 22.9 Å². The first-order valence-corrected chi connectivity index (χ1v) is 7.56. The first-order chi connectivity index (χ1) is 8.15. The Balaban J connectivity index is 2.21. The largest absolute Gasteiger partial charge is 0.333 e. The van der Waals surface area contributed by atoms with E-state index in [0.717, 1.165) is 28.7 Å². The van der Waals surface area contributed by atoms with Crippen LogP contribution in [0.4, 0.5) is 0 Å². The predicted octanol–water partition coefficient (Wildman–Crippen LogP) is 2.71. The molecule has 2 N–H and O–H groups in total. The molecule has 2 rings (SSSR count). The van der Waals surface area contributed by atoms with Gasteiger partial charge in [0.1, 0.15) is 4.88 Å². The summed E-state index contributed by atoms with van der Waals surface area (Å²) in [6.07, 6.45) is 2.24. The van der Waals surface area contributed by atoms with Crippen LogP contribution in [0.2, 0.25) is 0 Å². The summed E-state index contributed by atoms with van der Waals surface area (Å²) in [5.74, 6) is 0.616. The van der Waals surface area contributed by atoms with Crippen LogP contribution in [0.25, 0.3) is 0 Å². The van der Waals surface area contributed by atoms with Crippen LogP contribution >= 0.6 is 27.3 Å². The second kappa shape index (κ2) is 5.50. The lowest BCUT2D eigenvalue weighted by atomic mass is 9.90. The van der Waals surface area contributed by atoms with Crippen molar-refractivity contribution in [3.05, 3.63) is 20.8 Å². The highest BCUT2D eigenvalue weighted by Gasteiger charge is 2.32. The Labute approximate surface area is 114 Å².